The molecule has 2 rings (SSSR count). The third-order valence-electron chi connectivity index (χ3n) is 3.23. The van der Waals surface area contributed by atoms with Crippen LogP contribution in [0, 0.1) is 11.8 Å². The van der Waals surface area contributed by atoms with Crippen LogP contribution in [0.25, 0.3) is 0 Å². The summed E-state index contributed by atoms with van der Waals surface area (Å²) in [5.74, 6) is 0.374. The maximum atomic E-state index is 11.2. The van der Waals surface area contributed by atoms with E-state index in [0.717, 1.165) is 19.6 Å². The Balaban J connectivity index is 1.96. The smallest absolute Gasteiger partial charge is 0.226 e. The van der Waals surface area contributed by atoms with Crippen molar-refractivity contribution in [2.24, 2.45) is 11.8 Å². The summed E-state index contributed by atoms with van der Waals surface area (Å²) < 4.78 is 0. The average Bonchev–Trinajstić information content (AvgIpc) is 2.61. The van der Waals surface area contributed by atoms with Gasteiger partial charge in [0.15, 0.2) is 0 Å². The second-order valence-electron chi connectivity index (χ2n) is 4.57. The van der Waals surface area contributed by atoms with Gasteiger partial charge in [0.05, 0.1) is 0 Å². The topological polar surface area (TPSA) is 20.3 Å². The number of benzene rings is 1. The number of rotatable bonds is 3. The van der Waals surface area contributed by atoms with Crippen molar-refractivity contribution in [2.45, 2.75) is 13.5 Å². The van der Waals surface area contributed by atoms with Crippen molar-refractivity contribution in [3.05, 3.63) is 35.9 Å². The van der Waals surface area contributed by atoms with Gasteiger partial charge in [-0.15, -0.1) is 0 Å². The molecule has 0 amide bonds. The van der Waals surface area contributed by atoms with E-state index in [1.54, 1.807) is 0 Å². The maximum absolute atomic E-state index is 11.2. The lowest BCUT2D eigenvalue weighted by atomic mass is 10.0. The highest BCUT2D eigenvalue weighted by Gasteiger charge is 2.33. The Morgan fingerprint density at radius 3 is 2.62 bits per heavy atom. The van der Waals surface area contributed by atoms with Crippen LogP contribution in [-0.2, 0) is 11.3 Å². The summed E-state index contributed by atoms with van der Waals surface area (Å²) in [5.41, 5.74) is 1.29. The van der Waals surface area contributed by atoms with Crippen LogP contribution in [0.15, 0.2) is 30.3 Å². The third-order valence-corrected chi connectivity index (χ3v) is 3.51. The van der Waals surface area contributed by atoms with Crippen LogP contribution in [0.4, 0.5) is 0 Å². The van der Waals surface area contributed by atoms with Crippen molar-refractivity contribution in [3.8, 4) is 0 Å². The third kappa shape index (κ3) is 2.63. The Bertz CT molecular complexity index is 365. The number of carbonyl (C=O) groups is 1. The lowest BCUT2D eigenvalue weighted by molar-refractivity contribution is -0.115. The van der Waals surface area contributed by atoms with Crippen LogP contribution in [0.1, 0.15) is 12.5 Å². The Morgan fingerprint density at radius 1 is 1.38 bits per heavy atom. The van der Waals surface area contributed by atoms with Gasteiger partial charge in [0.1, 0.15) is 0 Å². The summed E-state index contributed by atoms with van der Waals surface area (Å²) in [5, 5.41) is -0.192. The van der Waals surface area contributed by atoms with Crippen molar-refractivity contribution >= 4 is 16.8 Å². The molecule has 1 saturated heterocycles. The first kappa shape index (κ1) is 11.6. The first-order valence-electron chi connectivity index (χ1n) is 5.62. The van der Waals surface area contributed by atoms with E-state index in [2.05, 4.69) is 24.0 Å². The number of hydrogen-bond acceptors (Lipinski definition) is 2. The molecule has 16 heavy (non-hydrogen) atoms. The van der Waals surface area contributed by atoms with Crippen LogP contribution in [0.2, 0.25) is 0 Å². The van der Waals surface area contributed by atoms with Crippen LogP contribution in [-0.4, -0.2) is 23.2 Å². The number of halogens is 1. The largest absolute Gasteiger partial charge is 0.298 e. The number of nitrogens with zero attached hydrogens (tertiary/aromatic N) is 1. The van der Waals surface area contributed by atoms with E-state index < -0.39 is 0 Å². The monoisotopic (exact) mass is 237 g/mol. The molecule has 1 aliphatic rings. The molecule has 2 atom stereocenters. The van der Waals surface area contributed by atoms with Crippen LogP contribution in [0.5, 0.6) is 0 Å². The van der Waals surface area contributed by atoms with Crippen LogP contribution < -0.4 is 0 Å². The molecule has 0 bridgehead atoms. The van der Waals surface area contributed by atoms with Gasteiger partial charge in [-0.2, -0.15) is 0 Å². The van der Waals surface area contributed by atoms with E-state index >= 15 is 0 Å². The molecule has 1 aliphatic heterocycles. The molecular weight excluding hydrogens is 222 g/mol. The molecule has 0 radical (unpaired) electrons. The first-order valence-corrected chi connectivity index (χ1v) is 6.00. The fourth-order valence-electron chi connectivity index (χ4n) is 2.33. The quantitative estimate of drug-likeness (QED) is 0.753. The predicted octanol–water partition coefficient (Wildman–Crippen LogP) is 2.52. The second-order valence-corrected chi connectivity index (χ2v) is 4.94. The predicted molar refractivity (Wildman–Crippen MR) is 65.2 cm³/mol. The molecule has 3 heteroatoms. The van der Waals surface area contributed by atoms with Gasteiger partial charge in [-0.25, -0.2) is 0 Å². The minimum Gasteiger partial charge on any atom is -0.298 e. The van der Waals surface area contributed by atoms with E-state index in [9.17, 15) is 4.79 Å². The number of likely N-dealkylation sites (tertiary alicyclic amines) is 1. The molecule has 0 spiro atoms. The Kier molecular flexibility index (Phi) is 3.62. The lowest BCUT2D eigenvalue weighted by Gasteiger charge is -2.14. The maximum Gasteiger partial charge on any atom is 0.226 e. The van der Waals surface area contributed by atoms with E-state index in [-0.39, 0.29) is 11.2 Å². The van der Waals surface area contributed by atoms with Crippen molar-refractivity contribution in [3.63, 3.8) is 0 Å². The van der Waals surface area contributed by atoms with Gasteiger partial charge in [-0.05, 0) is 23.1 Å². The van der Waals surface area contributed by atoms with Crippen LogP contribution >= 0.6 is 11.6 Å². The van der Waals surface area contributed by atoms with Crippen molar-refractivity contribution < 1.29 is 4.79 Å². The van der Waals surface area contributed by atoms with Gasteiger partial charge < -0.3 is 0 Å². The summed E-state index contributed by atoms with van der Waals surface area (Å²) in [7, 11) is 0. The highest BCUT2D eigenvalue weighted by molar-refractivity contribution is 6.64. The second kappa shape index (κ2) is 4.98. The minimum atomic E-state index is -0.192. The van der Waals surface area contributed by atoms with Gasteiger partial charge in [0, 0.05) is 25.6 Å². The SMILES string of the molecule is C[C@H]1CN(Cc2ccccc2)C[C@H]1C(=O)Cl. The molecule has 1 fully saturated rings. The summed E-state index contributed by atoms with van der Waals surface area (Å²) in [6.45, 7) is 4.75. The molecule has 0 aliphatic carbocycles. The summed E-state index contributed by atoms with van der Waals surface area (Å²) in [6, 6.07) is 10.3. The van der Waals surface area contributed by atoms with Gasteiger partial charge in [-0.3, -0.25) is 9.69 Å². The molecule has 0 unspecified atom stereocenters. The van der Waals surface area contributed by atoms with E-state index in [4.69, 9.17) is 11.6 Å². The van der Waals surface area contributed by atoms with Crippen molar-refractivity contribution in [2.75, 3.05) is 13.1 Å². The molecule has 2 nitrogen and oxygen atoms in total. The summed E-state index contributed by atoms with van der Waals surface area (Å²) in [6.07, 6.45) is 0. The van der Waals surface area contributed by atoms with Crippen LogP contribution in [0.3, 0.4) is 0 Å². The molecular formula is C13H16ClNO. The van der Waals surface area contributed by atoms with Gasteiger partial charge >= 0.3 is 0 Å². The molecule has 0 N–H and O–H groups in total. The van der Waals surface area contributed by atoms with E-state index in [1.807, 2.05) is 18.2 Å². The van der Waals surface area contributed by atoms with Crippen molar-refractivity contribution in [1.29, 1.82) is 0 Å². The Morgan fingerprint density at radius 2 is 2.06 bits per heavy atom. The van der Waals surface area contributed by atoms with E-state index in [1.165, 1.54) is 5.56 Å². The number of hydrogen-bond donors (Lipinski definition) is 0. The fourth-order valence-corrected chi connectivity index (χ4v) is 2.62. The highest BCUT2D eigenvalue weighted by atomic mass is 35.5. The van der Waals surface area contributed by atoms with Gasteiger partial charge in [-0.1, -0.05) is 37.3 Å². The normalized spacial score (nSPS) is 25.9. The minimum absolute atomic E-state index is 0.00498. The average molecular weight is 238 g/mol. The molecule has 1 heterocycles. The number of carbonyl (C=O) groups excluding carboxylic acids is 1. The Hall–Kier alpha value is -0.860. The van der Waals surface area contributed by atoms with E-state index in [0.29, 0.717) is 5.92 Å². The summed E-state index contributed by atoms with van der Waals surface area (Å²) >= 11 is 5.58. The van der Waals surface area contributed by atoms with Gasteiger partial charge in [0.25, 0.3) is 0 Å². The van der Waals surface area contributed by atoms with Crippen molar-refractivity contribution in [1.82, 2.24) is 4.90 Å². The zero-order valence-corrected chi connectivity index (χ0v) is 10.2. The highest BCUT2D eigenvalue weighted by Crippen LogP contribution is 2.26. The standard InChI is InChI=1S/C13H16ClNO/c1-10-7-15(9-12(10)13(14)16)8-11-5-3-2-4-6-11/h2-6,10,12H,7-9H2,1H3/t10-,12+/m0/s1. The lowest BCUT2D eigenvalue weighted by Crippen LogP contribution is -2.21. The fraction of sp³-hybridized carbons (Fsp3) is 0.462. The zero-order chi connectivity index (χ0) is 11.5. The zero-order valence-electron chi connectivity index (χ0n) is 9.40. The molecule has 1 aromatic carbocycles. The molecule has 1 aromatic rings. The molecule has 0 saturated carbocycles. The Labute approximate surface area is 101 Å². The summed E-state index contributed by atoms with van der Waals surface area (Å²) in [4.78, 5) is 13.5. The molecule has 0 aromatic heterocycles. The molecule has 86 valence electrons. The first-order chi connectivity index (χ1) is 7.66. The van der Waals surface area contributed by atoms with Gasteiger partial charge in [0.2, 0.25) is 5.24 Å².